The van der Waals surface area contributed by atoms with Gasteiger partial charge in [-0.25, -0.2) is 0 Å². The van der Waals surface area contributed by atoms with Gasteiger partial charge in [-0.05, 0) is 43.0 Å². The highest BCUT2D eigenvalue weighted by atomic mass is 35.5. The molecule has 0 fully saturated rings. The lowest BCUT2D eigenvalue weighted by molar-refractivity contribution is -0.122. The zero-order chi connectivity index (χ0) is 14.3. The molecule has 1 aromatic rings. The molecule has 106 valence electrons. The van der Waals surface area contributed by atoms with Crippen molar-refractivity contribution in [1.29, 1.82) is 0 Å². The van der Waals surface area contributed by atoms with Gasteiger partial charge >= 0.3 is 0 Å². The summed E-state index contributed by atoms with van der Waals surface area (Å²) in [5.41, 5.74) is 6.60. The smallest absolute Gasteiger partial charge is 0.220 e. The number of rotatable bonds is 7. The first-order valence-electron chi connectivity index (χ1n) is 6.81. The molecule has 0 spiro atoms. The Balaban J connectivity index is 2.55. The lowest BCUT2D eigenvalue weighted by Crippen LogP contribution is -2.28. The van der Waals surface area contributed by atoms with Gasteiger partial charge in [0, 0.05) is 11.4 Å². The summed E-state index contributed by atoms with van der Waals surface area (Å²) in [4.78, 5) is 11.9. The van der Waals surface area contributed by atoms with Crippen LogP contribution in [0.4, 0.5) is 0 Å². The molecule has 4 heteroatoms. The van der Waals surface area contributed by atoms with Gasteiger partial charge in [0.05, 0.1) is 6.04 Å². The highest BCUT2D eigenvalue weighted by Gasteiger charge is 2.13. The van der Waals surface area contributed by atoms with E-state index in [1.54, 1.807) is 0 Å². The van der Waals surface area contributed by atoms with Crippen LogP contribution < -0.4 is 11.1 Å². The van der Waals surface area contributed by atoms with Crippen LogP contribution in [0.15, 0.2) is 24.3 Å². The molecule has 0 aliphatic carbocycles. The number of hydrogen-bond donors (Lipinski definition) is 2. The van der Waals surface area contributed by atoms with Crippen molar-refractivity contribution in [2.24, 2.45) is 11.7 Å². The van der Waals surface area contributed by atoms with Crippen molar-refractivity contribution in [2.75, 3.05) is 6.54 Å². The number of benzene rings is 1. The van der Waals surface area contributed by atoms with Gasteiger partial charge in [0.15, 0.2) is 0 Å². The molecule has 0 bridgehead atoms. The van der Waals surface area contributed by atoms with E-state index >= 15 is 0 Å². The van der Waals surface area contributed by atoms with E-state index in [-0.39, 0.29) is 11.9 Å². The molecular weight excluding hydrogens is 260 g/mol. The quantitative estimate of drug-likeness (QED) is 0.806. The van der Waals surface area contributed by atoms with Gasteiger partial charge in [0.1, 0.15) is 0 Å². The Hall–Kier alpha value is -1.06. The van der Waals surface area contributed by atoms with E-state index in [9.17, 15) is 4.79 Å². The van der Waals surface area contributed by atoms with Crippen LogP contribution in [-0.4, -0.2) is 12.5 Å². The molecule has 2 unspecified atom stereocenters. The fraction of sp³-hybridized carbons (Fsp3) is 0.533. The molecule has 0 saturated carbocycles. The maximum Gasteiger partial charge on any atom is 0.220 e. The third-order valence-electron chi connectivity index (χ3n) is 3.26. The maximum atomic E-state index is 11.9. The summed E-state index contributed by atoms with van der Waals surface area (Å²) in [6.07, 6.45) is 2.20. The van der Waals surface area contributed by atoms with E-state index in [0.717, 1.165) is 18.4 Å². The van der Waals surface area contributed by atoms with Gasteiger partial charge in [-0.2, -0.15) is 0 Å². The molecule has 19 heavy (non-hydrogen) atoms. The van der Waals surface area contributed by atoms with Crippen LogP contribution in [0, 0.1) is 5.92 Å². The third kappa shape index (κ3) is 5.62. The van der Waals surface area contributed by atoms with E-state index in [1.165, 1.54) is 0 Å². The normalized spacial score (nSPS) is 13.9. The second-order valence-corrected chi connectivity index (χ2v) is 5.40. The van der Waals surface area contributed by atoms with Crippen molar-refractivity contribution in [3.8, 4) is 0 Å². The minimum absolute atomic E-state index is 0.0272. The largest absolute Gasteiger partial charge is 0.349 e. The number of carbonyl (C=O) groups is 1. The Kier molecular flexibility index (Phi) is 6.89. The van der Waals surface area contributed by atoms with Crippen molar-refractivity contribution >= 4 is 17.5 Å². The highest BCUT2D eigenvalue weighted by molar-refractivity contribution is 6.30. The van der Waals surface area contributed by atoms with Gasteiger partial charge in [-0.3, -0.25) is 4.79 Å². The molecule has 0 heterocycles. The molecule has 0 aliphatic heterocycles. The Bertz CT molecular complexity index is 409. The minimum Gasteiger partial charge on any atom is -0.349 e. The molecule has 0 saturated heterocycles. The van der Waals surface area contributed by atoms with Gasteiger partial charge in [-0.15, -0.1) is 0 Å². The average Bonchev–Trinajstić information content (AvgIpc) is 2.42. The number of carbonyl (C=O) groups excluding carboxylic acids is 1. The topological polar surface area (TPSA) is 55.1 Å². The summed E-state index contributed by atoms with van der Waals surface area (Å²) in [7, 11) is 0. The SMILES string of the molecule is CCC(NC(=O)CCC(C)CN)c1cccc(Cl)c1. The van der Waals surface area contributed by atoms with Crippen LogP contribution in [0.25, 0.3) is 0 Å². The molecule has 0 aliphatic rings. The number of halogens is 1. The van der Waals surface area contributed by atoms with Crippen molar-refractivity contribution in [2.45, 2.75) is 39.2 Å². The molecule has 1 rings (SSSR count). The van der Waals surface area contributed by atoms with Crippen LogP contribution in [0.1, 0.15) is 44.7 Å². The van der Waals surface area contributed by atoms with Gasteiger partial charge in [-0.1, -0.05) is 37.6 Å². The van der Waals surface area contributed by atoms with Crippen LogP contribution in [0.3, 0.4) is 0 Å². The molecule has 0 radical (unpaired) electrons. The monoisotopic (exact) mass is 282 g/mol. The molecular formula is C15H23ClN2O. The highest BCUT2D eigenvalue weighted by Crippen LogP contribution is 2.20. The maximum absolute atomic E-state index is 11.9. The van der Waals surface area contributed by atoms with E-state index in [4.69, 9.17) is 17.3 Å². The first-order chi connectivity index (χ1) is 9.06. The Morgan fingerprint density at radius 2 is 2.21 bits per heavy atom. The fourth-order valence-electron chi connectivity index (χ4n) is 1.91. The van der Waals surface area contributed by atoms with Crippen molar-refractivity contribution in [1.82, 2.24) is 5.32 Å². The van der Waals surface area contributed by atoms with E-state index in [2.05, 4.69) is 12.2 Å². The number of nitrogens with two attached hydrogens (primary N) is 1. The summed E-state index contributed by atoms with van der Waals surface area (Å²) in [6.45, 7) is 4.73. The van der Waals surface area contributed by atoms with E-state index < -0.39 is 0 Å². The van der Waals surface area contributed by atoms with Crippen LogP contribution >= 0.6 is 11.6 Å². The average molecular weight is 283 g/mol. The molecule has 3 N–H and O–H groups in total. The zero-order valence-corrected chi connectivity index (χ0v) is 12.4. The van der Waals surface area contributed by atoms with Gasteiger partial charge < -0.3 is 11.1 Å². The Labute approximate surface area is 120 Å². The van der Waals surface area contributed by atoms with Gasteiger partial charge in [0.2, 0.25) is 5.91 Å². The lowest BCUT2D eigenvalue weighted by Gasteiger charge is -2.18. The van der Waals surface area contributed by atoms with E-state index in [1.807, 2.05) is 31.2 Å². The third-order valence-corrected chi connectivity index (χ3v) is 3.50. The minimum atomic E-state index is 0.0272. The molecule has 0 aromatic heterocycles. The first kappa shape index (κ1) is 16.0. The molecule has 2 atom stereocenters. The van der Waals surface area contributed by atoms with Crippen molar-refractivity contribution in [3.63, 3.8) is 0 Å². The summed E-state index contributed by atoms with van der Waals surface area (Å²) in [5.74, 6) is 0.462. The van der Waals surface area contributed by atoms with Gasteiger partial charge in [0.25, 0.3) is 0 Å². The predicted octanol–water partition coefficient (Wildman–Crippen LogP) is 3.28. The van der Waals surface area contributed by atoms with E-state index in [0.29, 0.717) is 23.9 Å². The van der Waals surface area contributed by atoms with Crippen LogP contribution in [0.5, 0.6) is 0 Å². The molecule has 1 amide bonds. The fourth-order valence-corrected chi connectivity index (χ4v) is 2.11. The summed E-state index contributed by atoms with van der Waals surface area (Å²) in [6, 6.07) is 7.66. The number of nitrogens with one attached hydrogen (secondary N) is 1. The molecule has 3 nitrogen and oxygen atoms in total. The molecule has 1 aromatic carbocycles. The summed E-state index contributed by atoms with van der Waals surface area (Å²) >= 11 is 5.98. The van der Waals surface area contributed by atoms with Crippen LogP contribution in [-0.2, 0) is 4.79 Å². The second-order valence-electron chi connectivity index (χ2n) is 4.96. The lowest BCUT2D eigenvalue weighted by atomic mass is 10.0. The summed E-state index contributed by atoms with van der Waals surface area (Å²) in [5, 5.41) is 3.75. The second kappa shape index (κ2) is 8.18. The van der Waals surface area contributed by atoms with Crippen LogP contribution in [0.2, 0.25) is 5.02 Å². The number of hydrogen-bond acceptors (Lipinski definition) is 2. The first-order valence-corrected chi connectivity index (χ1v) is 7.19. The predicted molar refractivity (Wildman–Crippen MR) is 80.1 cm³/mol. The zero-order valence-electron chi connectivity index (χ0n) is 11.7. The number of amides is 1. The Morgan fingerprint density at radius 3 is 2.79 bits per heavy atom. The summed E-state index contributed by atoms with van der Waals surface area (Å²) < 4.78 is 0. The Morgan fingerprint density at radius 1 is 1.47 bits per heavy atom. The van der Waals surface area contributed by atoms with Crippen molar-refractivity contribution < 1.29 is 4.79 Å². The standard InChI is InChI=1S/C15H23ClN2O/c1-3-14(12-5-4-6-13(16)9-12)18-15(19)8-7-11(2)10-17/h4-6,9,11,14H,3,7-8,10,17H2,1-2H3,(H,18,19). The van der Waals surface area contributed by atoms with Crippen molar-refractivity contribution in [3.05, 3.63) is 34.9 Å².